The number of aliphatic hydroxyl groups is 1. The van der Waals surface area contributed by atoms with Crippen molar-refractivity contribution in [1.82, 2.24) is 20.0 Å². The van der Waals surface area contributed by atoms with Gasteiger partial charge in [-0.2, -0.15) is 0 Å². The van der Waals surface area contributed by atoms with Crippen LogP contribution in [0, 0.1) is 0 Å². The molecule has 0 aliphatic carbocycles. The molecule has 0 aliphatic rings. The summed E-state index contributed by atoms with van der Waals surface area (Å²) in [5.74, 6) is 0. The number of hydrogen-bond donors (Lipinski definition) is 1. The molecule has 0 amide bonds. The van der Waals surface area contributed by atoms with Crippen molar-refractivity contribution in [3.8, 4) is 0 Å². The summed E-state index contributed by atoms with van der Waals surface area (Å²) in [7, 11) is 0. The number of hydrogen-bond acceptors (Lipinski definition) is 4. The first-order chi connectivity index (χ1) is 7.25. The third kappa shape index (κ3) is 2.38. The smallest absolute Gasteiger partial charge is 0.111 e. The van der Waals surface area contributed by atoms with Gasteiger partial charge in [0.1, 0.15) is 5.69 Å². The zero-order chi connectivity index (χ0) is 10.7. The predicted molar refractivity (Wildman–Crippen MR) is 54.0 cm³/mol. The molecule has 15 heavy (non-hydrogen) atoms. The molecule has 1 N–H and O–H groups in total. The van der Waals surface area contributed by atoms with Crippen molar-refractivity contribution in [2.24, 2.45) is 0 Å². The van der Waals surface area contributed by atoms with E-state index in [9.17, 15) is 5.11 Å². The lowest BCUT2D eigenvalue weighted by Crippen LogP contribution is -2.00. The van der Waals surface area contributed by atoms with E-state index in [1.807, 2.05) is 12.1 Å². The van der Waals surface area contributed by atoms with Crippen LogP contribution < -0.4 is 0 Å². The molecule has 2 aromatic rings. The third-order valence-electron chi connectivity index (χ3n) is 2.05. The maximum Gasteiger partial charge on any atom is 0.111 e. The van der Waals surface area contributed by atoms with Gasteiger partial charge in [0.15, 0.2) is 0 Å². The van der Waals surface area contributed by atoms with E-state index in [1.54, 1.807) is 30.2 Å². The minimum Gasteiger partial charge on any atom is -0.387 e. The van der Waals surface area contributed by atoms with Gasteiger partial charge in [0.2, 0.25) is 0 Å². The zero-order valence-corrected chi connectivity index (χ0v) is 8.41. The summed E-state index contributed by atoms with van der Waals surface area (Å²) < 4.78 is 1.68. The molecule has 1 unspecified atom stereocenters. The van der Waals surface area contributed by atoms with Crippen molar-refractivity contribution in [1.29, 1.82) is 0 Å². The summed E-state index contributed by atoms with van der Waals surface area (Å²) >= 11 is 0. The molecule has 5 heteroatoms. The lowest BCUT2D eigenvalue weighted by molar-refractivity contribution is 0.194. The van der Waals surface area contributed by atoms with Gasteiger partial charge in [0, 0.05) is 12.4 Å². The lowest BCUT2D eigenvalue weighted by Gasteiger charge is -1.99. The fourth-order valence-corrected chi connectivity index (χ4v) is 1.26. The van der Waals surface area contributed by atoms with Crippen LogP contribution in [-0.2, 0) is 6.54 Å². The van der Waals surface area contributed by atoms with Crippen molar-refractivity contribution in [3.63, 3.8) is 0 Å². The highest BCUT2D eigenvalue weighted by atomic mass is 16.3. The van der Waals surface area contributed by atoms with Gasteiger partial charge in [0.05, 0.1) is 18.8 Å². The van der Waals surface area contributed by atoms with Crippen molar-refractivity contribution in [2.45, 2.75) is 19.6 Å². The minimum absolute atomic E-state index is 0.576. The molecule has 0 fully saturated rings. The molecular formula is C10H12N4O. The second-order valence-corrected chi connectivity index (χ2v) is 3.38. The molecule has 2 aromatic heterocycles. The summed E-state index contributed by atoms with van der Waals surface area (Å²) in [5, 5.41) is 17.0. The van der Waals surface area contributed by atoms with Crippen LogP contribution >= 0.6 is 0 Å². The van der Waals surface area contributed by atoms with E-state index in [4.69, 9.17) is 0 Å². The van der Waals surface area contributed by atoms with Gasteiger partial charge in [-0.3, -0.25) is 4.98 Å². The first-order valence-corrected chi connectivity index (χ1v) is 4.72. The second kappa shape index (κ2) is 4.18. The van der Waals surface area contributed by atoms with Gasteiger partial charge >= 0.3 is 0 Å². The van der Waals surface area contributed by atoms with Crippen molar-refractivity contribution in [2.75, 3.05) is 0 Å². The van der Waals surface area contributed by atoms with Crippen LogP contribution in [0.5, 0.6) is 0 Å². The van der Waals surface area contributed by atoms with Crippen LogP contribution in [0.1, 0.15) is 24.3 Å². The average Bonchev–Trinajstić information content (AvgIpc) is 2.68. The van der Waals surface area contributed by atoms with E-state index in [0.29, 0.717) is 12.2 Å². The van der Waals surface area contributed by atoms with Gasteiger partial charge < -0.3 is 5.11 Å². The summed E-state index contributed by atoms with van der Waals surface area (Å²) in [4.78, 5) is 4.01. The zero-order valence-electron chi connectivity index (χ0n) is 8.41. The first-order valence-electron chi connectivity index (χ1n) is 4.72. The van der Waals surface area contributed by atoms with Crippen LogP contribution in [0.25, 0.3) is 0 Å². The Morgan fingerprint density at radius 1 is 1.53 bits per heavy atom. The Balaban J connectivity index is 2.12. The Morgan fingerprint density at radius 3 is 3.00 bits per heavy atom. The van der Waals surface area contributed by atoms with Gasteiger partial charge in [0.25, 0.3) is 0 Å². The van der Waals surface area contributed by atoms with Gasteiger partial charge in [-0.15, -0.1) is 5.10 Å². The molecular weight excluding hydrogens is 192 g/mol. The van der Waals surface area contributed by atoms with Crippen molar-refractivity contribution >= 4 is 0 Å². The van der Waals surface area contributed by atoms with Crippen LogP contribution in [-0.4, -0.2) is 25.1 Å². The SMILES string of the molecule is CC(O)c1cn(Cc2cccnc2)nn1. The van der Waals surface area contributed by atoms with Crippen LogP contribution in [0.4, 0.5) is 0 Å². The van der Waals surface area contributed by atoms with Gasteiger partial charge in [-0.25, -0.2) is 4.68 Å². The monoisotopic (exact) mass is 204 g/mol. The normalized spacial score (nSPS) is 12.7. The topological polar surface area (TPSA) is 63.8 Å². The molecule has 0 spiro atoms. The van der Waals surface area contributed by atoms with Gasteiger partial charge in [-0.05, 0) is 18.6 Å². The lowest BCUT2D eigenvalue weighted by atomic mass is 10.3. The number of rotatable bonds is 3. The maximum absolute atomic E-state index is 9.27. The first kappa shape index (κ1) is 9.79. The number of aliphatic hydroxyl groups excluding tert-OH is 1. The molecule has 0 radical (unpaired) electrons. The highest BCUT2D eigenvalue weighted by molar-refractivity contribution is 5.09. The number of aromatic nitrogens is 4. The molecule has 0 saturated heterocycles. The summed E-state index contributed by atoms with van der Waals surface area (Å²) in [6.45, 7) is 2.28. The van der Waals surface area contributed by atoms with E-state index < -0.39 is 6.10 Å². The average molecular weight is 204 g/mol. The maximum atomic E-state index is 9.27. The summed E-state index contributed by atoms with van der Waals surface area (Å²) in [6.07, 6.45) is 4.67. The molecule has 1 atom stereocenters. The summed E-state index contributed by atoms with van der Waals surface area (Å²) in [6, 6.07) is 3.85. The fraction of sp³-hybridized carbons (Fsp3) is 0.300. The Kier molecular flexibility index (Phi) is 2.73. The van der Waals surface area contributed by atoms with Gasteiger partial charge in [-0.1, -0.05) is 11.3 Å². The molecule has 0 aromatic carbocycles. The van der Waals surface area contributed by atoms with Crippen LogP contribution in [0.15, 0.2) is 30.7 Å². The summed E-state index contributed by atoms with van der Waals surface area (Å²) in [5.41, 5.74) is 1.64. The number of pyridine rings is 1. The Morgan fingerprint density at radius 2 is 2.40 bits per heavy atom. The third-order valence-corrected chi connectivity index (χ3v) is 2.05. The Bertz CT molecular complexity index is 424. The van der Waals surface area contributed by atoms with E-state index in [1.165, 1.54) is 0 Å². The van der Waals surface area contributed by atoms with Crippen LogP contribution in [0.2, 0.25) is 0 Å². The second-order valence-electron chi connectivity index (χ2n) is 3.38. The number of nitrogens with zero attached hydrogens (tertiary/aromatic N) is 4. The van der Waals surface area contributed by atoms with Crippen LogP contribution in [0.3, 0.4) is 0 Å². The molecule has 0 bridgehead atoms. The highest BCUT2D eigenvalue weighted by Crippen LogP contribution is 2.07. The standard InChI is InChI=1S/C10H12N4O/c1-8(15)10-7-14(13-12-10)6-9-3-2-4-11-5-9/h2-5,7-8,15H,6H2,1H3. The molecule has 2 rings (SSSR count). The Labute approximate surface area is 87.4 Å². The fourth-order valence-electron chi connectivity index (χ4n) is 1.26. The van der Waals surface area contributed by atoms with E-state index in [2.05, 4.69) is 15.3 Å². The largest absolute Gasteiger partial charge is 0.387 e. The molecule has 78 valence electrons. The van der Waals surface area contributed by atoms with E-state index >= 15 is 0 Å². The molecule has 2 heterocycles. The predicted octanol–water partition coefficient (Wildman–Crippen LogP) is 0.775. The molecule has 5 nitrogen and oxygen atoms in total. The minimum atomic E-state index is -0.576. The Hall–Kier alpha value is -1.75. The highest BCUT2D eigenvalue weighted by Gasteiger charge is 2.06. The molecule has 0 saturated carbocycles. The van der Waals surface area contributed by atoms with E-state index in [-0.39, 0.29) is 0 Å². The van der Waals surface area contributed by atoms with Crippen molar-refractivity contribution < 1.29 is 5.11 Å². The van der Waals surface area contributed by atoms with E-state index in [0.717, 1.165) is 5.56 Å². The molecule has 0 aliphatic heterocycles. The van der Waals surface area contributed by atoms with Crippen molar-refractivity contribution in [3.05, 3.63) is 42.0 Å². The quantitative estimate of drug-likeness (QED) is 0.802.